The summed E-state index contributed by atoms with van der Waals surface area (Å²) in [7, 11) is 0. The van der Waals surface area contributed by atoms with Gasteiger partial charge in [0.25, 0.3) is 11.8 Å². The zero-order chi connectivity index (χ0) is 19.5. The van der Waals surface area contributed by atoms with Crippen LogP contribution in [0.3, 0.4) is 0 Å². The van der Waals surface area contributed by atoms with Gasteiger partial charge in [-0.05, 0) is 29.8 Å². The first kappa shape index (κ1) is 18.4. The van der Waals surface area contributed by atoms with Crippen LogP contribution in [-0.2, 0) is 0 Å². The first-order valence-electron chi connectivity index (χ1n) is 8.37. The molecular weight excluding hydrogens is 399 g/mol. The minimum absolute atomic E-state index is 0.158. The smallest absolute Gasteiger partial charge is 0.253 e. The predicted octanol–water partition coefficient (Wildman–Crippen LogP) is 4.89. The third-order valence-corrected chi connectivity index (χ3v) is 4.32. The van der Waals surface area contributed by atoms with Gasteiger partial charge in [0.1, 0.15) is 13.2 Å². The number of ether oxygens (including phenoxy) is 2. The molecule has 0 aliphatic rings. The molecule has 140 valence electrons. The molecule has 4 aromatic rings. The normalized spacial score (nSPS) is 10.9. The molecule has 2 heterocycles. The minimum atomic E-state index is 0.158. The van der Waals surface area contributed by atoms with Gasteiger partial charge in [0.15, 0.2) is 10.3 Å². The molecule has 2 aromatic carbocycles. The number of hydrogen-bond donors (Lipinski definition) is 0. The fourth-order valence-corrected chi connectivity index (χ4v) is 2.87. The van der Waals surface area contributed by atoms with E-state index in [1.165, 1.54) is 0 Å². The SMILES string of the molecule is C=C(COc1nc2ccccc2nc1Cl)COc1nc2ccccc2nc1Cl. The minimum Gasteiger partial charge on any atom is -0.471 e. The van der Waals surface area contributed by atoms with Crippen molar-refractivity contribution in [1.82, 2.24) is 19.9 Å². The van der Waals surface area contributed by atoms with Gasteiger partial charge in [-0.15, -0.1) is 0 Å². The van der Waals surface area contributed by atoms with Crippen molar-refractivity contribution in [2.24, 2.45) is 0 Å². The molecule has 0 radical (unpaired) electrons. The van der Waals surface area contributed by atoms with Gasteiger partial charge >= 0.3 is 0 Å². The van der Waals surface area contributed by atoms with Gasteiger partial charge in [-0.25, -0.2) is 19.9 Å². The van der Waals surface area contributed by atoms with E-state index in [-0.39, 0.29) is 35.3 Å². The molecule has 0 spiro atoms. The first-order chi connectivity index (χ1) is 13.6. The molecule has 28 heavy (non-hydrogen) atoms. The third-order valence-electron chi connectivity index (χ3n) is 3.82. The zero-order valence-corrected chi connectivity index (χ0v) is 16.1. The van der Waals surface area contributed by atoms with Crippen LogP contribution in [0, 0.1) is 0 Å². The Morgan fingerprint density at radius 3 is 1.43 bits per heavy atom. The van der Waals surface area contributed by atoms with Gasteiger partial charge < -0.3 is 9.47 Å². The second-order valence-corrected chi connectivity index (χ2v) is 6.66. The Morgan fingerprint density at radius 1 is 0.679 bits per heavy atom. The second-order valence-electron chi connectivity index (χ2n) is 5.94. The number of hydrogen-bond acceptors (Lipinski definition) is 6. The summed E-state index contributed by atoms with van der Waals surface area (Å²) in [5.41, 5.74) is 3.44. The van der Waals surface area contributed by atoms with Crippen LogP contribution in [-0.4, -0.2) is 33.1 Å². The van der Waals surface area contributed by atoms with Crippen LogP contribution >= 0.6 is 23.2 Å². The van der Waals surface area contributed by atoms with Crippen LogP contribution in [0.15, 0.2) is 60.7 Å². The summed E-state index contributed by atoms with van der Waals surface area (Å²) in [5.74, 6) is 0.482. The van der Waals surface area contributed by atoms with Crippen molar-refractivity contribution in [2.75, 3.05) is 13.2 Å². The van der Waals surface area contributed by atoms with E-state index in [9.17, 15) is 0 Å². The second kappa shape index (κ2) is 7.96. The lowest BCUT2D eigenvalue weighted by atomic mass is 10.3. The molecule has 6 nitrogen and oxygen atoms in total. The lowest BCUT2D eigenvalue weighted by Gasteiger charge is -2.11. The maximum Gasteiger partial charge on any atom is 0.253 e. The Kier molecular flexibility index (Phi) is 5.23. The number of aromatic nitrogens is 4. The van der Waals surface area contributed by atoms with E-state index in [0.29, 0.717) is 27.6 Å². The number of fused-ring (bicyclic) bond motifs is 2. The molecule has 0 bridgehead atoms. The summed E-state index contributed by atoms with van der Waals surface area (Å²) in [6, 6.07) is 14.8. The Labute approximate surface area is 170 Å². The lowest BCUT2D eigenvalue weighted by Crippen LogP contribution is -2.10. The molecule has 4 rings (SSSR count). The van der Waals surface area contributed by atoms with Crippen molar-refractivity contribution in [3.63, 3.8) is 0 Å². The van der Waals surface area contributed by atoms with Crippen molar-refractivity contribution in [2.45, 2.75) is 0 Å². The maximum atomic E-state index is 6.14. The van der Waals surface area contributed by atoms with Crippen LogP contribution in [0.1, 0.15) is 0 Å². The van der Waals surface area contributed by atoms with Crippen LogP contribution in [0.4, 0.5) is 0 Å². The summed E-state index contributed by atoms with van der Waals surface area (Å²) in [5, 5.41) is 0.381. The highest BCUT2D eigenvalue weighted by Crippen LogP contribution is 2.25. The number of para-hydroxylation sites is 4. The number of rotatable bonds is 6. The van der Waals surface area contributed by atoms with Crippen LogP contribution in [0.2, 0.25) is 10.3 Å². The van der Waals surface area contributed by atoms with E-state index in [2.05, 4.69) is 26.5 Å². The third kappa shape index (κ3) is 3.98. The van der Waals surface area contributed by atoms with Gasteiger partial charge in [-0.2, -0.15) is 0 Å². The molecular formula is C20H14Cl2N4O2. The topological polar surface area (TPSA) is 70.0 Å². The summed E-state index contributed by atoms with van der Waals surface area (Å²) in [4.78, 5) is 17.3. The van der Waals surface area contributed by atoms with Gasteiger partial charge in [-0.1, -0.05) is 54.0 Å². The Hall–Kier alpha value is -2.96. The summed E-state index contributed by atoms with van der Waals surface area (Å²) >= 11 is 12.3. The number of nitrogens with zero attached hydrogens (tertiary/aromatic N) is 4. The van der Waals surface area contributed by atoms with Crippen molar-refractivity contribution >= 4 is 45.3 Å². The highest BCUT2D eigenvalue weighted by molar-refractivity contribution is 6.31. The molecule has 0 amide bonds. The molecule has 2 aromatic heterocycles. The van der Waals surface area contributed by atoms with Crippen molar-refractivity contribution < 1.29 is 9.47 Å². The van der Waals surface area contributed by atoms with Gasteiger partial charge in [0, 0.05) is 0 Å². The summed E-state index contributed by atoms with van der Waals surface area (Å²) in [6.07, 6.45) is 0. The average molecular weight is 413 g/mol. The fraction of sp³-hybridized carbons (Fsp3) is 0.100. The Balaban J connectivity index is 1.40. The molecule has 0 atom stereocenters. The lowest BCUT2D eigenvalue weighted by molar-refractivity contribution is 0.290. The van der Waals surface area contributed by atoms with Gasteiger partial charge in [-0.3, -0.25) is 0 Å². The summed E-state index contributed by atoms with van der Waals surface area (Å²) < 4.78 is 11.3. The van der Waals surface area contributed by atoms with E-state index >= 15 is 0 Å². The van der Waals surface area contributed by atoms with E-state index in [1.807, 2.05) is 48.5 Å². The monoisotopic (exact) mass is 412 g/mol. The largest absolute Gasteiger partial charge is 0.471 e. The molecule has 0 aliphatic heterocycles. The molecule has 0 aliphatic carbocycles. The fourth-order valence-electron chi connectivity index (χ4n) is 2.49. The Bertz CT molecular complexity index is 1090. The molecule has 0 fully saturated rings. The van der Waals surface area contributed by atoms with Gasteiger partial charge in [0.2, 0.25) is 0 Å². The molecule has 0 unspecified atom stereocenters. The van der Waals surface area contributed by atoms with Crippen LogP contribution < -0.4 is 9.47 Å². The molecule has 8 heteroatoms. The van der Waals surface area contributed by atoms with E-state index < -0.39 is 0 Å². The number of benzene rings is 2. The van der Waals surface area contributed by atoms with Crippen molar-refractivity contribution in [3.05, 3.63) is 71.0 Å². The standard InChI is InChI=1S/C20H14Cl2N4O2/c1-12(10-27-19-17(21)23-13-6-2-4-8-15(13)25-19)11-28-20-18(22)24-14-7-3-5-9-16(14)26-20/h2-9H,1,10-11H2. The van der Waals surface area contributed by atoms with Crippen LogP contribution in [0.25, 0.3) is 22.1 Å². The van der Waals surface area contributed by atoms with E-state index in [4.69, 9.17) is 32.7 Å². The highest BCUT2D eigenvalue weighted by atomic mass is 35.5. The molecule has 0 N–H and O–H groups in total. The molecule has 0 saturated heterocycles. The highest BCUT2D eigenvalue weighted by Gasteiger charge is 2.11. The van der Waals surface area contributed by atoms with Crippen LogP contribution in [0.5, 0.6) is 11.8 Å². The quantitative estimate of drug-likeness (QED) is 0.419. The first-order valence-corrected chi connectivity index (χ1v) is 9.12. The van der Waals surface area contributed by atoms with E-state index in [0.717, 1.165) is 0 Å². The van der Waals surface area contributed by atoms with Crippen molar-refractivity contribution in [1.29, 1.82) is 0 Å². The Morgan fingerprint density at radius 2 is 1.04 bits per heavy atom. The average Bonchev–Trinajstić information content (AvgIpc) is 2.70. The number of halogens is 2. The van der Waals surface area contributed by atoms with E-state index in [1.54, 1.807) is 0 Å². The van der Waals surface area contributed by atoms with Crippen molar-refractivity contribution in [3.8, 4) is 11.8 Å². The summed E-state index contributed by atoms with van der Waals surface area (Å²) in [6.45, 7) is 4.25. The maximum absolute atomic E-state index is 6.14. The zero-order valence-electron chi connectivity index (χ0n) is 14.6. The predicted molar refractivity (Wildman–Crippen MR) is 109 cm³/mol. The molecule has 0 saturated carbocycles. The van der Waals surface area contributed by atoms with Gasteiger partial charge in [0.05, 0.1) is 22.1 Å².